The Morgan fingerprint density at radius 2 is 1.79 bits per heavy atom. The van der Waals surface area contributed by atoms with Gasteiger partial charge in [0.05, 0.1) is 17.8 Å². The Bertz CT molecular complexity index is 1800. The predicted molar refractivity (Wildman–Crippen MR) is 185 cm³/mol. The predicted octanol–water partition coefficient (Wildman–Crippen LogP) is 7.73. The molecule has 0 saturated carbocycles. The molecule has 0 spiro atoms. The molecule has 0 atom stereocenters. The number of carbonyl (C=O) groups is 1. The van der Waals surface area contributed by atoms with E-state index in [1.54, 1.807) is 17.0 Å². The third-order valence-corrected chi connectivity index (χ3v) is 14.6. The molecule has 2 aromatic carbocycles. The highest BCUT2D eigenvalue weighted by molar-refractivity contribution is 6.74. The quantitative estimate of drug-likeness (QED) is 0.166. The number of aromatic nitrogens is 4. The van der Waals surface area contributed by atoms with Crippen molar-refractivity contribution in [3.63, 3.8) is 0 Å². The first kappa shape index (κ1) is 33.9. The van der Waals surface area contributed by atoms with E-state index >= 15 is 8.78 Å². The number of hydrogen-bond acceptors (Lipinski definition) is 8. The van der Waals surface area contributed by atoms with E-state index < -0.39 is 20.0 Å². The molecule has 0 radical (unpaired) electrons. The van der Waals surface area contributed by atoms with E-state index in [4.69, 9.17) is 8.95 Å². The highest BCUT2D eigenvalue weighted by Crippen LogP contribution is 2.38. The molecule has 4 heterocycles. The number of carbonyl (C=O) groups excluding carboxylic acids is 1. The number of anilines is 2. The molecule has 0 unspecified atom stereocenters. The molecule has 6 rings (SSSR count). The molecule has 0 bridgehead atoms. The van der Waals surface area contributed by atoms with Gasteiger partial charge in [0, 0.05) is 55.5 Å². The molecule has 2 amide bonds. The number of urea groups is 1. The first-order valence-corrected chi connectivity index (χ1v) is 19.7. The van der Waals surface area contributed by atoms with Crippen molar-refractivity contribution in [1.29, 1.82) is 0 Å². The van der Waals surface area contributed by atoms with Crippen LogP contribution in [0.25, 0.3) is 22.0 Å². The summed E-state index contributed by atoms with van der Waals surface area (Å²) in [6.45, 7) is 18.1. The lowest BCUT2D eigenvalue weighted by Gasteiger charge is -2.36. The number of benzene rings is 2. The van der Waals surface area contributed by atoms with Gasteiger partial charge in [0.1, 0.15) is 23.8 Å². The standard InChI is InChI=1S/C35H45F2N7O3Si/c1-22(2)33-40-31(41-47-33)23-10-12-42(13-11-23)32-27-20-25(36)19-26(30(27)38-21-39-32)24-8-9-29(28(37)18-24)44-15-14-43(34(44)45)16-17-46-48(6,7)35(3,4)5/h8-9,18-23H,10-17H2,1-7H3. The van der Waals surface area contributed by atoms with Crippen molar-refractivity contribution >= 4 is 36.8 Å². The van der Waals surface area contributed by atoms with Crippen LogP contribution in [0, 0.1) is 11.6 Å². The smallest absolute Gasteiger partial charge is 0.324 e. The lowest BCUT2D eigenvalue weighted by atomic mass is 9.95. The molecule has 2 fully saturated rings. The maximum atomic E-state index is 15.7. The third kappa shape index (κ3) is 6.66. The molecule has 2 saturated heterocycles. The van der Waals surface area contributed by atoms with Gasteiger partial charge in [-0.1, -0.05) is 45.8 Å². The molecule has 2 aliphatic rings. The summed E-state index contributed by atoms with van der Waals surface area (Å²) in [4.78, 5) is 32.2. The topological polar surface area (TPSA) is 101 Å². The van der Waals surface area contributed by atoms with Gasteiger partial charge < -0.3 is 18.7 Å². The number of halogens is 2. The average molecular weight is 678 g/mol. The van der Waals surface area contributed by atoms with Gasteiger partial charge >= 0.3 is 6.03 Å². The van der Waals surface area contributed by atoms with E-state index in [0.29, 0.717) is 73.1 Å². The van der Waals surface area contributed by atoms with Crippen molar-refractivity contribution in [2.24, 2.45) is 0 Å². The second-order valence-corrected chi connectivity index (χ2v) is 19.5. The van der Waals surface area contributed by atoms with Crippen LogP contribution in [0.2, 0.25) is 18.1 Å². The first-order valence-electron chi connectivity index (χ1n) is 16.8. The number of rotatable bonds is 9. The van der Waals surface area contributed by atoms with Gasteiger partial charge in [-0.15, -0.1) is 0 Å². The lowest BCUT2D eigenvalue weighted by Crippen LogP contribution is -2.43. The highest BCUT2D eigenvalue weighted by Gasteiger charge is 2.38. The molecule has 13 heteroatoms. The van der Waals surface area contributed by atoms with Crippen LogP contribution < -0.4 is 9.80 Å². The SMILES string of the molecule is CC(C)c1nc(C2CCN(c3ncnc4c(-c5ccc(N6CCN(CCO[Si](C)(C)C(C)(C)C)C6=O)c(F)c5)cc(F)cc34)CC2)no1. The van der Waals surface area contributed by atoms with Gasteiger partial charge in [-0.05, 0) is 60.8 Å². The average Bonchev–Trinajstić information content (AvgIpc) is 3.68. The van der Waals surface area contributed by atoms with Crippen LogP contribution >= 0.6 is 0 Å². The molecule has 2 aromatic heterocycles. The second-order valence-electron chi connectivity index (χ2n) is 14.6. The minimum absolute atomic E-state index is 0.0750. The van der Waals surface area contributed by atoms with Crippen molar-refractivity contribution in [2.45, 2.75) is 77.4 Å². The van der Waals surface area contributed by atoms with Crippen LogP contribution in [0.4, 0.5) is 25.1 Å². The Hall–Kier alpha value is -3.97. The van der Waals surface area contributed by atoms with E-state index in [1.165, 1.54) is 29.4 Å². The van der Waals surface area contributed by atoms with Gasteiger partial charge in [0.2, 0.25) is 5.89 Å². The molecule has 10 nitrogen and oxygen atoms in total. The molecule has 4 aromatic rings. The summed E-state index contributed by atoms with van der Waals surface area (Å²) >= 11 is 0. The summed E-state index contributed by atoms with van der Waals surface area (Å²) in [5.74, 6) is 1.31. The van der Waals surface area contributed by atoms with Crippen LogP contribution in [-0.2, 0) is 4.43 Å². The monoisotopic (exact) mass is 677 g/mol. The molecule has 2 aliphatic heterocycles. The van der Waals surface area contributed by atoms with Gasteiger partial charge in [0.15, 0.2) is 14.1 Å². The van der Waals surface area contributed by atoms with Crippen molar-refractivity contribution in [3.05, 3.63) is 60.0 Å². The zero-order chi connectivity index (χ0) is 34.4. The van der Waals surface area contributed by atoms with Gasteiger partial charge in [0.25, 0.3) is 0 Å². The largest absolute Gasteiger partial charge is 0.415 e. The Labute approximate surface area is 281 Å². The molecular formula is C35H45F2N7O3Si. The fraction of sp³-hybridized carbons (Fsp3) is 0.514. The Morgan fingerprint density at radius 1 is 1.04 bits per heavy atom. The van der Waals surface area contributed by atoms with Gasteiger partial charge in [-0.25, -0.2) is 23.5 Å². The Morgan fingerprint density at radius 3 is 2.46 bits per heavy atom. The highest BCUT2D eigenvalue weighted by atomic mass is 28.4. The fourth-order valence-electron chi connectivity index (χ4n) is 6.12. The van der Waals surface area contributed by atoms with Gasteiger partial charge in [-0.3, -0.25) is 4.90 Å². The van der Waals surface area contributed by atoms with Crippen molar-refractivity contribution in [1.82, 2.24) is 25.0 Å². The summed E-state index contributed by atoms with van der Waals surface area (Å²) in [5, 5.41) is 4.83. The summed E-state index contributed by atoms with van der Waals surface area (Å²) in [5.41, 5.74) is 1.64. The maximum absolute atomic E-state index is 15.7. The number of hydrogen-bond donors (Lipinski definition) is 0. The van der Waals surface area contributed by atoms with Crippen LogP contribution in [0.1, 0.15) is 71.0 Å². The van der Waals surface area contributed by atoms with E-state index in [-0.39, 0.29) is 28.6 Å². The first-order chi connectivity index (χ1) is 22.7. The number of fused-ring (bicyclic) bond motifs is 1. The van der Waals surface area contributed by atoms with Crippen LogP contribution in [-0.4, -0.2) is 78.7 Å². The molecule has 0 aliphatic carbocycles. The molecular weight excluding hydrogens is 633 g/mol. The van der Waals surface area contributed by atoms with Gasteiger partial charge in [-0.2, -0.15) is 4.98 Å². The summed E-state index contributed by atoms with van der Waals surface area (Å²) in [6, 6.07) is 7.21. The second kappa shape index (κ2) is 13.1. The summed E-state index contributed by atoms with van der Waals surface area (Å²) in [6.07, 6.45) is 3.07. The minimum Gasteiger partial charge on any atom is -0.415 e. The fourth-order valence-corrected chi connectivity index (χ4v) is 7.16. The van der Waals surface area contributed by atoms with Crippen molar-refractivity contribution < 1.29 is 22.5 Å². The zero-order valence-corrected chi connectivity index (χ0v) is 29.9. The summed E-state index contributed by atoms with van der Waals surface area (Å²) in [7, 11) is -1.94. The van der Waals surface area contributed by atoms with Crippen LogP contribution in [0.5, 0.6) is 0 Å². The van der Waals surface area contributed by atoms with Crippen LogP contribution in [0.15, 0.2) is 41.2 Å². The van der Waals surface area contributed by atoms with E-state index in [1.807, 2.05) is 13.8 Å². The number of nitrogens with zero attached hydrogens (tertiary/aromatic N) is 7. The molecule has 256 valence electrons. The number of amides is 2. The van der Waals surface area contributed by atoms with E-state index in [2.05, 4.69) is 58.9 Å². The Balaban J connectivity index is 1.18. The lowest BCUT2D eigenvalue weighted by molar-refractivity contribution is 0.200. The summed E-state index contributed by atoms with van der Waals surface area (Å²) < 4.78 is 42.6. The maximum Gasteiger partial charge on any atom is 0.324 e. The van der Waals surface area contributed by atoms with Crippen LogP contribution in [0.3, 0.4) is 0 Å². The molecule has 48 heavy (non-hydrogen) atoms. The molecule has 0 N–H and O–H groups in total. The zero-order valence-electron chi connectivity index (χ0n) is 28.9. The van der Waals surface area contributed by atoms with E-state index in [9.17, 15) is 4.79 Å². The third-order valence-electron chi connectivity index (χ3n) is 10.1. The van der Waals surface area contributed by atoms with Crippen molar-refractivity contribution in [2.75, 3.05) is 49.1 Å². The minimum atomic E-state index is -1.94. The van der Waals surface area contributed by atoms with Crippen molar-refractivity contribution in [3.8, 4) is 11.1 Å². The Kier molecular flexibility index (Phi) is 9.29. The normalized spacial score (nSPS) is 16.6. The van der Waals surface area contributed by atoms with E-state index in [0.717, 1.165) is 18.7 Å². The number of piperidine rings is 1.